The summed E-state index contributed by atoms with van der Waals surface area (Å²) in [5.74, 6) is -0.940. The van der Waals surface area contributed by atoms with E-state index in [0.717, 1.165) is 12.1 Å². The highest BCUT2D eigenvalue weighted by Gasteiger charge is 2.22. The molecule has 0 spiro atoms. The summed E-state index contributed by atoms with van der Waals surface area (Å²) < 4.78 is 40.3. The van der Waals surface area contributed by atoms with Gasteiger partial charge in [0.05, 0.1) is 15.4 Å². The first-order valence-electron chi connectivity index (χ1n) is 6.65. The number of sulfonamides is 1. The molecule has 1 aromatic heterocycles. The zero-order chi connectivity index (χ0) is 17.0. The van der Waals surface area contributed by atoms with Crippen molar-refractivity contribution >= 4 is 15.7 Å². The van der Waals surface area contributed by atoms with Gasteiger partial charge in [-0.3, -0.25) is 15.1 Å². The van der Waals surface area contributed by atoms with Gasteiger partial charge in [0.25, 0.3) is 5.69 Å². The average molecular weight is 339 g/mol. The monoisotopic (exact) mass is 339 g/mol. The van der Waals surface area contributed by atoms with Crippen LogP contribution < -0.4 is 4.72 Å². The van der Waals surface area contributed by atoms with Crippen LogP contribution >= 0.6 is 0 Å². The second-order valence-electron chi connectivity index (χ2n) is 4.78. The predicted octanol–water partition coefficient (Wildman–Crippen LogP) is 1.96. The third kappa shape index (κ3) is 4.08. The highest BCUT2D eigenvalue weighted by atomic mass is 32.2. The quantitative estimate of drug-likeness (QED) is 0.640. The number of hydrogen-bond acceptors (Lipinski definition) is 5. The third-order valence-electron chi connectivity index (χ3n) is 3.20. The summed E-state index contributed by atoms with van der Waals surface area (Å²) in [6.45, 7) is 1.26. The third-order valence-corrected chi connectivity index (χ3v) is 4.64. The molecule has 1 heterocycles. The minimum Gasteiger partial charge on any atom is -0.261 e. The first kappa shape index (κ1) is 17.0. The molecule has 122 valence electrons. The molecule has 0 aliphatic heterocycles. The van der Waals surface area contributed by atoms with E-state index < -0.39 is 31.3 Å². The number of nitrogens with zero attached hydrogens (tertiary/aromatic N) is 2. The standard InChI is InChI=1S/C14H14FN3O4S/c1-10-13(15)8-12(9-14(10)18(19)20)23(21,22)17-7-5-11-4-2-3-6-16-11/h2-4,6,8-9,17H,5,7H2,1H3. The Morgan fingerprint density at radius 1 is 1.35 bits per heavy atom. The number of halogens is 1. The Hall–Kier alpha value is -2.39. The molecule has 2 rings (SSSR count). The van der Waals surface area contributed by atoms with Crippen LogP contribution in [-0.4, -0.2) is 24.9 Å². The summed E-state index contributed by atoms with van der Waals surface area (Å²) in [7, 11) is -4.05. The molecule has 23 heavy (non-hydrogen) atoms. The van der Waals surface area contributed by atoms with Crippen molar-refractivity contribution in [1.82, 2.24) is 9.71 Å². The van der Waals surface area contributed by atoms with Crippen LogP contribution in [0.5, 0.6) is 0 Å². The minimum atomic E-state index is -4.05. The molecular weight excluding hydrogens is 325 g/mol. The van der Waals surface area contributed by atoms with E-state index in [9.17, 15) is 22.9 Å². The lowest BCUT2D eigenvalue weighted by molar-refractivity contribution is -0.385. The van der Waals surface area contributed by atoms with Gasteiger partial charge in [0.1, 0.15) is 5.82 Å². The topological polar surface area (TPSA) is 102 Å². The van der Waals surface area contributed by atoms with E-state index in [4.69, 9.17) is 0 Å². The van der Waals surface area contributed by atoms with Crippen LogP contribution in [0.3, 0.4) is 0 Å². The Kier molecular flexibility index (Phi) is 5.02. The second-order valence-corrected chi connectivity index (χ2v) is 6.54. The van der Waals surface area contributed by atoms with E-state index in [1.165, 1.54) is 6.92 Å². The van der Waals surface area contributed by atoms with Crippen LogP contribution in [0, 0.1) is 22.9 Å². The molecule has 1 aromatic carbocycles. The molecule has 0 aliphatic rings. The normalized spacial score (nSPS) is 11.4. The molecule has 1 N–H and O–H groups in total. The van der Waals surface area contributed by atoms with Crippen molar-refractivity contribution < 1.29 is 17.7 Å². The summed E-state index contributed by atoms with van der Waals surface area (Å²) in [6.07, 6.45) is 1.93. The largest absolute Gasteiger partial charge is 0.276 e. The molecule has 0 aliphatic carbocycles. The fourth-order valence-electron chi connectivity index (χ4n) is 1.93. The van der Waals surface area contributed by atoms with Gasteiger partial charge >= 0.3 is 0 Å². The van der Waals surface area contributed by atoms with Gasteiger partial charge in [-0.15, -0.1) is 0 Å². The SMILES string of the molecule is Cc1c(F)cc(S(=O)(=O)NCCc2ccccn2)cc1[N+](=O)[O-]. The molecular formula is C14H14FN3O4S. The molecule has 0 atom stereocenters. The number of hydrogen-bond donors (Lipinski definition) is 1. The van der Waals surface area contributed by atoms with Crippen molar-refractivity contribution in [2.75, 3.05) is 6.54 Å². The van der Waals surface area contributed by atoms with Crippen LogP contribution in [0.4, 0.5) is 10.1 Å². The van der Waals surface area contributed by atoms with Crippen LogP contribution in [0.15, 0.2) is 41.4 Å². The average Bonchev–Trinajstić information content (AvgIpc) is 2.50. The van der Waals surface area contributed by atoms with Crippen LogP contribution in [0.1, 0.15) is 11.3 Å². The Labute approximate surface area is 132 Å². The van der Waals surface area contributed by atoms with E-state index >= 15 is 0 Å². The molecule has 0 unspecified atom stereocenters. The van der Waals surface area contributed by atoms with Gasteiger partial charge in [-0.25, -0.2) is 17.5 Å². The fraction of sp³-hybridized carbons (Fsp3) is 0.214. The van der Waals surface area contributed by atoms with Gasteiger partial charge in [-0.2, -0.15) is 0 Å². The van der Waals surface area contributed by atoms with Crippen LogP contribution in [0.25, 0.3) is 0 Å². The van der Waals surface area contributed by atoms with E-state index in [2.05, 4.69) is 9.71 Å². The lowest BCUT2D eigenvalue weighted by Gasteiger charge is -2.08. The Bertz CT molecular complexity index is 825. The van der Waals surface area contributed by atoms with Gasteiger partial charge in [0, 0.05) is 30.9 Å². The zero-order valence-electron chi connectivity index (χ0n) is 12.2. The Morgan fingerprint density at radius 3 is 2.70 bits per heavy atom. The maximum Gasteiger partial charge on any atom is 0.276 e. The van der Waals surface area contributed by atoms with E-state index in [-0.39, 0.29) is 12.1 Å². The molecule has 0 radical (unpaired) electrons. The van der Waals surface area contributed by atoms with Crippen molar-refractivity contribution in [2.45, 2.75) is 18.2 Å². The summed E-state index contributed by atoms with van der Waals surface area (Å²) in [4.78, 5) is 13.6. The predicted molar refractivity (Wildman–Crippen MR) is 80.9 cm³/mol. The maximum atomic E-state index is 13.7. The molecule has 0 bridgehead atoms. The number of benzene rings is 1. The number of pyridine rings is 1. The highest BCUT2D eigenvalue weighted by Crippen LogP contribution is 2.25. The maximum absolute atomic E-state index is 13.7. The zero-order valence-corrected chi connectivity index (χ0v) is 13.0. The first-order valence-corrected chi connectivity index (χ1v) is 8.13. The molecule has 2 aromatic rings. The number of nitro benzene ring substituents is 1. The minimum absolute atomic E-state index is 0.0443. The summed E-state index contributed by atoms with van der Waals surface area (Å²) in [5.41, 5.74) is -0.0891. The number of nitrogens with one attached hydrogen (secondary N) is 1. The van der Waals surface area contributed by atoms with Gasteiger partial charge in [-0.1, -0.05) is 6.07 Å². The van der Waals surface area contributed by atoms with Crippen LogP contribution in [-0.2, 0) is 16.4 Å². The fourth-order valence-corrected chi connectivity index (χ4v) is 2.99. The summed E-state index contributed by atoms with van der Waals surface area (Å²) >= 11 is 0. The highest BCUT2D eigenvalue weighted by molar-refractivity contribution is 7.89. The van der Waals surface area contributed by atoms with Gasteiger partial charge in [-0.05, 0) is 25.1 Å². The Balaban J connectivity index is 2.18. The van der Waals surface area contributed by atoms with Crippen molar-refractivity contribution in [2.24, 2.45) is 0 Å². The molecule has 0 saturated carbocycles. The van der Waals surface area contributed by atoms with E-state index in [0.29, 0.717) is 12.1 Å². The number of rotatable bonds is 6. The van der Waals surface area contributed by atoms with Gasteiger partial charge in [0.15, 0.2) is 0 Å². The smallest absolute Gasteiger partial charge is 0.261 e. The van der Waals surface area contributed by atoms with E-state index in [1.54, 1.807) is 24.4 Å². The van der Waals surface area contributed by atoms with Gasteiger partial charge in [0.2, 0.25) is 10.0 Å². The summed E-state index contributed by atoms with van der Waals surface area (Å²) in [6, 6.07) is 6.87. The summed E-state index contributed by atoms with van der Waals surface area (Å²) in [5, 5.41) is 10.9. The molecule has 0 amide bonds. The number of aromatic nitrogens is 1. The molecule has 0 saturated heterocycles. The van der Waals surface area contributed by atoms with Gasteiger partial charge < -0.3 is 0 Å². The molecule has 9 heteroatoms. The second kappa shape index (κ2) is 6.80. The number of nitro groups is 1. The lowest BCUT2D eigenvalue weighted by atomic mass is 10.2. The van der Waals surface area contributed by atoms with Crippen molar-refractivity contribution in [3.8, 4) is 0 Å². The lowest BCUT2D eigenvalue weighted by Crippen LogP contribution is -2.26. The van der Waals surface area contributed by atoms with E-state index in [1.807, 2.05) is 0 Å². The van der Waals surface area contributed by atoms with Crippen molar-refractivity contribution in [3.05, 3.63) is 63.7 Å². The Morgan fingerprint density at radius 2 is 2.09 bits per heavy atom. The van der Waals surface area contributed by atoms with Crippen LogP contribution in [0.2, 0.25) is 0 Å². The molecule has 7 nitrogen and oxygen atoms in total. The molecule has 0 fully saturated rings. The first-order chi connectivity index (χ1) is 10.8. The van der Waals surface area contributed by atoms with Crippen molar-refractivity contribution in [1.29, 1.82) is 0 Å². The van der Waals surface area contributed by atoms with Crippen molar-refractivity contribution in [3.63, 3.8) is 0 Å².